The van der Waals surface area contributed by atoms with Crippen LogP contribution in [0.5, 0.6) is 11.5 Å². The summed E-state index contributed by atoms with van der Waals surface area (Å²) < 4.78 is 22.0. The van der Waals surface area contributed by atoms with Gasteiger partial charge in [-0.15, -0.1) is 0 Å². The van der Waals surface area contributed by atoms with Crippen LogP contribution in [-0.4, -0.2) is 78.5 Å². The number of methoxy groups -OCH3 is 1. The van der Waals surface area contributed by atoms with Crippen LogP contribution in [0.15, 0.2) is 53.4 Å². The molecule has 0 spiro atoms. The molecule has 2 aromatic rings. The number of amides is 2. The highest BCUT2D eigenvalue weighted by Gasteiger charge is 2.41. The van der Waals surface area contributed by atoms with Crippen LogP contribution in [0.1, 0.15) is 24.1 Å². The third kappa shape index (κ3) is 6.35. The normalized spacial score (nSPS) is 17.5. The fourth-order valence-corrected chi connectivity index (χ4v) is 5.35. The smallest absolute Gasteiger partial charge is 0.333 e. The van der Waals surface area contributed by atoms with Gasteiger partial charge in [0.1, 0.15) is 4.32 Å². The first-order valence-corrected chi connectivity index (χ1v) is 13.3. The van der Waals surface area contributed by atoms with Crippen LogP contribution in [0.25, 0.3) is 6.08 Å². The molecule has 0 radical (unpaired) electrons. The van der Waals surface area contributed by atoms with Crippen LogP contribution in [-0.2, 0) is 23.9 Å². The van der Waals surface area contributed by atoms with Gasteiger partial charge < -0.3 is 23.8 Å². The zero-order valence-electron chi connectivity index (χ0n) is 21.1. The minimum atomic E-state index is -0.988. The van der Waals surface area contributed by atoms with E-state index in [9.17, 15) is 14.4 Å². The molecule has 0 saturated carbocycles. The van der Waals surface area contributed by atoms with Gasteiger partial charge in [-0.2, -0.15) is 0 Å². The van der Waals surface area contributed by atoms with Crippen LogP contribution < -0.4 is 9.47 Å². The highest BCUT2D eigenvalue weighted by molar-refractivity contribution is 8.26. The molecule has 2 aliphatic rings. The lowest BCUT2D eigenvalue weighted by atomic mass is 10.1. The molecule has 2 amide bonds. The second-order valence-corrected chi connectivity index (χ2v) is 9.98. The van der Waals surface area contributed by atoms with Crippen LogP contribution in [0.2, 0.25) is 0 Å². The van der Waals surface area contributed by atoms with E-state index in [2.05, 4.69) is 0 Å². The summed E-state index contributed by atoms with van der Waals surface area (Å²) in [5.74, 6) is -0.229. The quantitative estimate of drug-likeness (QED) is 0.262. The molecule has 9 nitrogen and oxygen atoms in total. The van der Waals surface area contributed by atoms with Crippen molar-refractivity contribution in [2.75, 3.05) is 46.6 Å². The summed E-state index contributed by atoms with van der Waals surface area (Å²) in [6.07, 6.45) is 1.68. The van der Waals surface area contributed by atoms with Gasteiger partial charge in [0.2, 0.25) is 0 Å². The number of hydrogen-bond acceptors (Lipinski definition) is 9. The van der Waals surface area contributed by atoms with E-state index in [-0.39, 0.29) is 16.8 Å². The lowest BCUT2D eigenvalue weighted by Crippen LogP contribution is -2.43. The van der Waals surface area contributed by atoms with E-state index in [1.165, 1.54) is 12.0 Å². The predicted octanol–water partition coefficient (Wildman–Crippen LogP) is 3.44. The van der Waals surface area contributed by atoms with Crippen LogP contribution >= 0.6 is 24.0 Å². The predicted molar refractivity (Wildman–Crippen MR) is 147 cm³/mol. The molecular formula is C27H28N2O7S2. The number of morpholine rings is 1. The van der Waals surface area contributed by atoms with Crippen molar-refractivity contribution in [3.63, 3.8) is 0 Å². The number of rotatable bonds is 9. The first-order valence-electron chi connectivity index (χ1n) is 12.1. The second kappa shape index (κ2) is 12.9. The zero-order valence-corrected chi connectivity index (χ0v) is 22.7. The Balaban J connectivity index is 1.53. The van der Waals surface area contributed by atoms with E-state index in [4.69, 9.17) is 31.2 Å². The Hall–Kier alpha value is -3.41. The topological polar surface area (TPSA) is 94.6 Å². The van der Waals surface area contributed by atoms with Crippen LogP contribution in [0, 0.1) is 0 Å². The molecular weight excluding hydrogens is 528 g/mol. The number of ether oxygens (including phenoxy) is 4. The number of hydrogen-bond donors (Lipinski definition) is 0. The van der Waals surface area contributed by atoms with Crippen molar-refractivity contribution < 1.29 is 33.3 Å². The molecule has 1 atom stereocenters. The molecule has 1 unspecified atom stereocenters. The van der Waals surface area contributed by atoms with Crippen molar-refractivity contribution >= 4 is 52.2 Å². The van der Waals surface area contributed by atoms with Crippen molar-refractivity contribution in [3.8, 4) is 11.5 Å². The fourth-order valence-electron chi connectivity index (χ4n) is 4.04. The van der Waals surface area contributed by atoms with Crippen molar-refractivity contribution in [3.05, 3.63) is 64.6 Å². The van der Waals surface area contributed by atoms with E-state index in [0.29, 0.717) is 60.4 Å². The Labute approximate surface area is 230 Å². The summed E-state index contributed by atoms with van der Waals surface area (Å²) in [6.45, 7) is 4.23. The number of carbonyl (C=O) groups is 3. The summed E-state index contributed by atoms with van der Waals surface area (Å²) in [6, 6.07) is 13.1. The zero-order chi connectivity index (χ0) is 27.1. The molecule has 38 heavy (non-hydrogen) atoms. The van der Waals surface area contributed by atoms with E-state index in [1.54, 1.807) is 53.4 Å². The molecule has 2 aromatic carbocycles. The number of benzene rings is 2. The van der Waals surface area contributed by atoms with Crippen molar-refractivity contribution in [1.82, 2.24) is 9.80 Å². The average Bonchev–Trinajstić information content (AvgIpc) is 3.21. The van der Waals surface area contributed by atoms with Gasteiger partial charge in [-0.3, -0.25) is 14.5 Å². The molecule has 4 rings (SSSR count). The summed E-state index contributed by atoms with van der Waals surface area (Å²) in [5, 5.41) is 0. The Kier molecular flexibility index (Phi) is 9.38. The Morgan fingerprint density at radius 1 is 1.11 bits per heavy atom. The molecule has 0 N–H and O–H groups in total. The summed E-state index contributed by atoms with van der Waals surface area (Å²) in [7, 11) is 1.28. The number of thiocarbonyl (C=S) groups is 1. The lowest BCUT2D eigenvalue weighted by Gasteiger charge is -2.26. The fraction of sp³-hybridized carbons (Fsp3) is 0.333. The van der Waals surface area contributed by atoms with Gasteiger partial charge in [0.25, 0.3) is 11.8 Å². The molecule has 2 heterocycles. The highest BCUT2D eigenvalue weighted by Crippen LogP contribution is 2.39. The standard InChI is InChI=1S/C27H28N2O7S2/c1-3-35-21-15-18(9-10-20(21)36-17-23(30)28-11-13-34-14-12-28)16-22-25(31)29(27(37)38-22)24(26(32)33-2)19-7-5-4-6-8-19/h4-10,15-16,24H,3,11-14,17H2,1-2H3/b22-16+. The van der Waals surface area contributed by atoms with E-state index in [0.717, 1.165) is 11.8 Å². The number of thioether (sulfide) groups is 1. The van der Waals surface area contributed by atoms with Crippen LogP contribution in [0.3, 0.4) is 0 Å². The SMILES string of the molecule is CCOc1cc(/C=C2/SC(=S)N(C(C(=O)OC)c3ccccc3)C2=O)ccc1OCC(=O)N1CCOCC1. The third-order valence-corrected chi connectivity index (χ3v) is 7.23. The van der Waals surface area contributed by atoms with E-state index >= 15 is 0 Å². The molecule has 2 aliphatic heterocycles. The van der Waals surface area contributed by atoms with Gasteiger partial charge in [0.05, 0.1) is 31.8 Å². The molecule has 2 saturated heterocycles. The van der Waals surface area contributed by atoms with Gasteiger partial charge in [0, 0.05) is 13.1 Å². The summed E-state index contributed by atoms with van der Waals surface area (Å²) in [4.78, 5) is 41.9. The maximum atomic E-state index is 13.4. The summed E-state index contributed by atoms with van der Waals surface area (Å²) in [5.41, 5.74) is 1.28. The van der Waals surface area contributed by atoms with Crippen molar-refractivity contribution in [1.29, 1.82) is 0 Å². The van der Waals surface area contributed by atoms with Gasteiger partial charge in [0.15, 0.2) is 24.1 Å². The average molecular weight is 557 g/mol. The first kappa shape index (κ1) is 27.6. The number of nitrogens with zero attached hydrogens (tertiary/aromatic N) is 2. The molecule has 0 aromatic heterocycles. The molecule has 0 bridgehead atoms. The minimum absolute atomic E-state index is 0.119. The Morgan fingerprint density at radius 2 is 1.84 bits per heavy atom. The molecule has 2 fully saturated rings. The second-order valence-electron chi connectivity index (χ2n) is 8.31. The minimum Gasteiger partial charge on any atom is -0.490 e. The lowest BCUT2D eigenvalue weighted by molar-refractivity contribution is -0.148. The highest BCUT2D eigenvalue weighted by atomic mass is 32.2. The molecule has 11 heteroatoms. The monoisotopic (exact) mass is 556 g/mol. The molecule has 0 aliphatic carbocycles. The van der Waals surface area contributed by atoms with Gasteiger partial charge in [-0.1, -0.05) is 60.4 Å². The first-order chi connectivity index (χ1) is 18.4. The molecule has 200 valence electrons. The Bertz CT molecular complexity index is 1230. The van der Waals surface area contributed by atoms with Gasteiger partial charge >= 0.3 is 5.97 Å². The third-order valence-electron chi connectivity index (χ3n) is 5.90. The maximum Gasteiger partial charge on any atom is 0.333 e. The maximum absolute atomic E-state index is 13.4. The van der Waals surface area contributed by atoms with Crippen LogP contribution in [0.4, 0.5) is 0 Å². The van der Waals surface area contributed by atoms with Gasteiger partial charge in [-0.25, -0.2) is 4.79 Å². The summed E-state index contributed by atoms with van der Waals surface area (Å²) >= 11 is 6.60. The number of carbonyl (C=O) groups excluding carboxylic acids is 3. The van der Waals surface area contributed by atoms with Crippen molar-refractivity contribution in [2.24, 2.45) is 0 Å². The van der Waals surface area contributed by atoms with E-state index in [1.807, 2.05) is 13.0 Å². The van der Waals surface area contributed by atoms with Crippen molar-refractivity contribution in [2.45, 2.75) is 13.0 Å². The number of esters is 1. The van der Waals surface area contributed by atoms with E-state index < -0.39 is 17.9 Å². The Morgan fingerprint density at radius 3 is 2.53 bits per heavy atom. The largest absolute Gasteiger partial charge is 0.490 e. The van der Waals surface area contributed by atoms with Gasteiger partial charge in [-0.05, 0) is 36.3 Å².